The minimum Gasteiger partial charge on any atom is -0.322 e. The molecule has 1 amide bonds. The van der Waals surface area contributed by atoms with Gasteiger partial charge >= 0.3 is 0 Å². The van der Waals surface area contributed by atoms with Crippen LogP contribution in [0.5, 0.6) is 0 Å². The van der Waals surface area contributed by atoms with Gasteiger partial charge < -0.3 is 10.6 Å². The molecule has 0 radical (unpaired) electrons. The summed E-state index contributed by atoms with van der Waals surface area (Å²) in [5.41, 5.74) is 4.23. The molecule has 0 bridgehead atoms. The first-order valence-corrected chi connectivity index (χ1v) is 6.59. The molecule has 4 nitrogen and oxygen atoms in total. The van der Waals surface area contributed by atoms with Crippen molar-refractivity contribution in [2.45, 2.75) is 20.4 Å². The van der Waals surface area contributed by atoms with Crippen LogP contribution in [0.3, 0.4) is 0 Å². The van der Waals surface area contributed by atoms with Crippen LogP contribution in [0.2, 0.25) is 0 Å². The molecule has 2 rings (SSSR count). The number of aryl methyl sites for hydroxylation is 2. The first-order valence-electron chi connectivity index (χ1n) is 6.59. The molecule has 0 saturated heterocycles. The highest BCUT2D eigenvalue weighted by Crippen LogP contribution is 2.13. The van der Waals surface area contributed by atoms with Gasteiger partial charge in [0.05, 0.1) is 11.3 Å². The van der Waals surface area contributed by atoms with Crippen molar-refractivity contribution in [1.82, 2.24) is 10.3 Å². The molecular weight excluding hydrogens is 250 g/mol. The van der Waals surface area contributed by atoms with Crippen molar-refractivity contribution in [3.63, 3.8) is 0 Å². The molecular formula is C16H19N3O. The zero-order valence-corrected chi connectivity index (χ0v) is 12.0. The molecule has 0 spiro atoms. The van der Waals surface area contributed by atoms with E-state index in [-0.39, 0.29) is 5.91 Å². The summed E-state index contributed by atoms with van der Waals surface area (Å²) in [6, 6.07) is 11.4. The Morgan fingerprint density at radius 1 is 1.10 bits per heavy atom. The number of amides is 1. The van der Waals surface area contributed by atoms with Gasteiger partial charge in [0.15, 0.2) is 0 Å². The van der Waals surface area contributed by atoms with E-state index in [1.165, 1.54) is 5.56 Å². The van der Waals surface area contributed by atoms with Crippen molar-refractivity contribution in [2.24, 2.45) is 0 Å². The molecule has 4 heteroatoms. The Morgan fingerprint density at radius 3 is 2.40 bits per heavy atom. The minimum absolute atomic E-state index is 0.128. The lowest BCUT2D eigenvalue weighted by molar-refractivity contribution is 0.102. The maximum atomic E-state index is 12.2. The number of benzene rings is 1. The van der Waals surface area contributed by atoms with Crippen LogP contribution in [0, 0.1) is 13.8 Å². The van der Waals surface area contributed by atoms with E-state index < -0.39 is 0 Å². The second kappa shape index (κ2) is 6.30. The summed E-state index contributed by atoms with van der Waals surface area (Å²) in [7, 11) is 1.91. The van der Waals surface area contributed by atoms with E-state index in [9.17, 15) is 4.79 Å². The Morgan fingerprint density at radius 2 is 1.80 bits per heavy atom. The van der Waals surface area contributed by atoms with E-state index in [0.29, 0.717) is 5.56 Å². The van der Waals surface area contributed by atoms with Crippen LogP contribution >= 0.6 is 0 Å². The van der Waals surface area contributed by atoms with Gasteiger partial charge in [-0.25, -0.2) is 0 Å². The molecule has 1 aromatic carbocycles. The molecule has 0 atom stereocenters. The van der Waals surface area contributed by atoms with Crippen LogP contribution in [-0.4, -0.2) is 17.9 Å². The monoisotopic (exact) mass is 269 g/mol. The van der Waals surface area contributed by atoms with Crippen LogP contribution < -0.4 is 10.6 Å². The molecule has 1 aromatic heterocycles. The average molecular weight is 269 g/mol. The number of pyridine rings is 1. The van der Waals surface area contributed by atoms with Crippen molar-refractivity contribution < 1.29 is 4.79 Å². The predicted octanol–water partition coefficient (Wildman–Crippen LogP) is 2.67. The Kier molecular flexibility index (Phi) is 4.48. The van der Waals surface area contributed by atoms with Crippen molar-refractivity contribution in [3.8, 4) is 0 Å². The van der Waals surface area contributed by atoms with E-state index in [0.717, 1.165) is 23.6 Å². The third kappa shape index (κ3) is 3.42. The summed E-state index contributed by atoms with van der Waals surface area (Å²) < 4.78 is 0. The highest BCUT2D eigenvalue weighted by atomic mass is 16.1. The van der Waals surface area contributed by atoms with E-state index >= 15 is 0 Å². The van der Waals surface area contributed by atoms with E-state index in [1.807, 2.05) is 57.3 Å². The lowest BCUT2D eigenvalue weighted by Crippen LogP contribution is -2.14. The molecule has 2 N–H and O–H groups in total. The predicted molar refractivity (Wildman–Crippen MR) is 80.9 cm³/mol. The Bertz CT molecular complexity index is 606. The molecule has 1 heterocycles. The fourth-order valence-corrected chi connectivity index (χ4v) is 2.04. The van der Waals surface area contributed by atoms with E-state index in [4.69, 9.17) is 0 Å². The third-order valence-electron chi connectivity index (χ3n) is 3.06. The van der Waals surface area contributed by atoms with Crippen LogP contribution in [0.25, 0.3) is 0 Å². The van der Waals surface area contributed by atoms with Crippen molar-refractivity contribution in [2.75, 3.05) is 12.4 Å². The first-order chi connectivity index (χ1) is 9.60. The molecule has 104 valence electrons. The minimum atomic E-state index is -0.128. The number of nitrogens with one attached hydrogen (secondary N) is 2. The SMILES string of the molecule is CNCc1ccc(NC(=O)c2ccc(C)nc2C)cc1. The molecule has 0 aliphatic carbocycles. The highest BCUT2D eigenvalue weighted by molar-refractivity contribution is 6.04. The summed E-state index contributed by atoms with van der Waals surface area (Å²) >= 11 is 0. The number of hydrogen-bond acceptors (Lipinski definition) is 3. The van der Waals surface area contributed by atoms with Gasteiger partial charge in [0.1, 0.15) is 0 Å². The van der Waals surface area contributed by atoms with Crippen molar-refractivity contribution >= 4 is 11.6 Å². The lowest BCUT2D eigenvalue weighted by atomic mass is 10.1. The van der Waals surface area contributed by atoms with E-state index in [1.54, 1.807) is 0 Å². The Hall–Kier alpha value is -2.20. The summed E-state index contributed by atoms with van der Waals surface area (Å²) in [5, 5.41) is 5.98. The Balaban J connectivity index is 2.11. The number of carbonyl (C=O) groups is 1. The van der Waals surface area contributed by atoms with Crippen molar-refractivity contribution in [3.05, 3.63) is 58.9 Å². The van der Waals surface area contributed by atoms with Gasteiger partial charge in [-0.3, -0.25) is 9.78 Å². The summed E-state index contributed by atoms with van der Waals surface area (Å²) in [4.78, 5) is 16.5. The normalized spacial score (nSPS) is 10.3. The van der Waals surface area contributed by atoms with Crippen molar-refractivity contribution in [1.29, 1.82) is 0 Å². The van der Waals surface area contributed by atoms with Crippen LogP contribution in [0.4, 0.5) is 5.69 Å². The summed E-state index contributed by atoms with van der Waals surface area (Å²) in [6.45, 7) is 4.57. The molecule has 2 aromatic rings. The zero-order valence-electron chi connectivity index (χ0n) is 12.0. The molecule has 20 heavy (non-hydrogen) atoms. The van der Waals surface area contributed by atoms with Gasteiger partial charge in [0.2, 0.25) is 0 Å². The topological polar surface area (TPSA) is 54.0 Å². The quantitative estimate of drug-likeness (QED) is 0.897. The Labute approximate surface area is 119 Å². The summed E-state index contributed by atoms with van der Waals surface area (Å²) in [5.74, 6) is -0.128. The number of rotatable bonds is 4. The highest BCUT2D eigenvalue weighted by Gasteiger charge is 2.10. The largest absolute Gasteiger partial charge is 0.322 e. The maximum Gasteiger partial charge on any atom is 0.257 e. The first kappa shape index (κ1) is 14.2. The zero-order chi connectivity index (χ0) is 14.5. The second-order valence-electron chi connectivity index (χ2n) is 4.77. The maximum absolute atomic E-state index is 12.2. The molecule has 0 fully saturated rings. The molecule has 0 saturated carbocycles. The number of hydrogen-bond donors (Lipinski definition) is 2. The van der Waals surface area contributed by atoms with Gasteiger partial charge in [-0.05, 0) is 50.7 Å². The standard InChI is InChI=1S/C16H19N3O/c1-11-4-9-15(12(2)18-11)16(20)19-14-7-5-13(6-8-14)10-17-3/h4-9,17H,10H2,1-3H3,(H,19,20). The molecule has 0 aliphatic heterocycles. The van der Waals surface area contributed by atoms with Crippen LogP contribution in [0.1, 0.15) is 27.3 Å². The van der Waals surface area contributed by atoms with E-state index in [2.05, 4.69) is 15.6 Å². The second-order valence-corrected chi connectivity index (χ2v) is 4.77. The number of nitrogens with zero attached hydrogens (tertiary/aromatic N) is 1. The fraction of sp³-hybridized carbons (Fsp3) is 0.250. The van der Waals surface area contributed by atoms with Gasteiger partial charge in [-0.1, -0.05) is 12.1 Å². The fourth-order valence-electron chi connectivity index (χ4n) is 2.04. The number of aromatic nitrogens is 1. The van der Waals surface area contributed by atoms with Gasteiger partial charge in [-0.15, -0.1) is 0 Å². The third-order valence-corrected chi connectivity index (χ3v) is 3.06. The smallest absolute Gasteiger partial charge is 0.257 e. The number of carbonyl (C=O) groups excluding carboxylic acids is 1. The van der Waals surface area contributed by atoms with Gasteiger partial charge in [0, 0.05) is 17.9 Å². The molecule has 0 aliphatic rings. The van der Waals surface area contributed by atoms with Gasteiger partial charge in [0.25, 0.3) is 5.91 Å². The number of anilines is 1. The lowest BCUT2D eigenvalue weighted by Gasteiger charge is -2.08. The average Bonchev–Trinajstić information content (AvgIpc) is 2.41. The summed E-state index contributed by atoms with van der Waals surface area (Å²) in [6.07, 6.45) is 0. The van der Waals surface area contributed by atoms with Crippen LogP contribution in [-0.2, 0) is 6.54 Å². The van der Waals surface area contributed by atoms with Crippen LogP contribution in [0.15, 0.2) is 36.4 Å². The molecule has 0 unspecified atom stereocenters. The van der Waals surface area contributed by atoms with Gasteiger partial charge in [-0.2, -0.15) is 0 Å².